The Hall–Kier alpha value is -2.62. The number of nitrogens with zero attached hydrogens (tertiary/aromatic N) is 4. The molecule has 134 valence electrons. The number of hydrogen-bond acceptors (Lipinski definition) is 7. The minimum atomic E-state index is -4.42. The third-order valence-corrected chi connectivity index (χ3v) is 3.91. The monoisotopic (exact) mass is 353 g/mol. The molecule has 5 N–H and O–H groups in total. The predicted molar refractivity (Wildman–Crippen MR) is 88.4 cm³/mol. The van der Waals surface area contributed by atoms with Crippen LogP contribution < -0.4 is 21.7 Å². The van der Waals surface area contributed by atoms with Crippen LogP contribution in [0.2, 0.25) is 0 Å². The first-order valence-corrected chi connectivity index (χ1v) is 7.77. The van der Waals surface area contributed by atoms with Gasteiger partial charge in [0.1, 0.15) is 0 Å². The van der Waals surface area contributed by atoms with Gasteiger partial charge in [-0.05, 0) is 31.0 Å². The molecule has 0 spiro atoms. The van der Waals surface area contributed by atoms with E-state index in [2.05, 4.69) is 20.3 Å². The fraction of sp³-hybridized carbons (Fsp3) is 0.400. The number of aromatic nitrogens is 3. The van der Waals surface area contributed by atoms with Crippen molar-refractivity contribution in [2.24, 2.45) is 5.73 Å². The number of benzene rings is 1. The van der Waals surface area contributed by atoms with Gasteiger partial charge in [-0.15, -0.1) is 0 Å². The second-order valence-electron chi connectivity index (χ2n) is 5.85. The number of nitrogens with one attached hydrogen (secondary N) is 1. The van der Waals surface area contributed by atoms with Gasteiger partial charge in [-0.25, -0.2) is 0 Å². The zero-order chi connectivity index (χ0) is 18.0. The van der Waals surface area contributed by atoms with Gasteiger partial charge >= 0.3 is 6.18 Å². The van der Waals surface area contributed by atoms with Crippen molar-refractivity contribution in [1.82, 2.24) is 15.0 Å². The summed E-state index contributed by atoms with van der Waals surface area (Å²) in [4.78, 5) is 14.2. The first kappa shape index (κ1) is 17.2. The molecule has 0 atom stereocenters. The minimum Gasteiger partial charge on any atom is -0.368 e. The Kier molecular flexibility index (Phi) is 4.62. The molecule has 0 aliphatic carbocycles. The van der Waals surface area contributed by atoms with Crippen LogP contribution in [0.5, 0.6) is 0 Å². The molecule has 1 aromatic carbocycles. The lowest BCUT2D eigenvalue weighted by atomic mass is 10.1. The number of nitrogen functional groups attached to an aromatic ring is 1. The molecule has 0 amide bonds. The molecule has 0 bridgehead atoms. The molecule has 0 unspecified atom stereocenters. The van der Waals surface area contributed by atoms with Gasteiger partial charge in [0.05, 0.1) is 5.56 Å². The van der Waals surface area contributed by atoms with E-state index < -0.39 is 11.7 Å². The lowest BCUT2D eigenvalue weighted by Gasteiger charge is -2.30. The van der Waals surface area contributed by atoms with Crippen molar-refractivity contribution in [3.8, 4) is 0 Å². The van der Waals surface area contributed by atoms with E-state index in [-0.39, 0.29) is 23.6 Å². The molecule has 1 saturated heterocycles. The number of alkyl halides is 3. The van der Waals surface area contributed by atoms with Crippen molar-refractivity contribution < 1.29 is 13.2 Å². The van der Waals surface area contributed by atoms with E-state index in [1.807, 2.05) is 4.90 Å². The van der Waals surface area contributed by atoms with E-state index >= 15 is 0 Å². The van der Waals surface area contributed by atoms with E-state index in [1.165, 1.54) is 12.1 Å². The molecule has 0 radical (unpaired) electrons. The Morgan fingerprint density at radius 2 is 1.84 bits per heavy atom. The first-order valence-electron chi connectivity index (χ1n) is 7.77. The molecule has 0 saturated carbocycles. The highest BCUT2D eigenvalue weighted by Gasteiger charge is 2.30. The van der Waals surface area contributed by atoms with Crippen LogP contribution in [0.15, 0.2) is 24.3 Å². The largest absolute Gasteiger partial charge is 0.416 e. The van der Waals surface area contributed by atoms with Crippen molar-refractivity contribution in [1.29, 1.82) is 0 Å². The smallest absolute Gasteiger partial charge is 0.368 e. The van der Waals surface area contributed by atoms with E-state index in [1.54, 1.807) is 0 Å². The van der Waals surface area contributed by atoms with Crippen LogP contribution >= 0.6 is 0 Å². The van der Waals surface area contributed by atoms with Crippen LogP contribution in [-0.2, 0) is 6.18 Å². The molecule has 2 heterocycles. The van der Waals surface area contributed by atoms with Crippen molar-refractivity contribution in [3.63, 3.8) is 0 Å². The van der Waals surface area contributed by atoms with Gasteiger partial charge in [0.15, 0.2) is 0 Å². The summed E-state index contributed by atoms with van der Waals surface area (Å²) in [6.45, 7) is 1.38. The number of piperidine rings is 1. The Balaban J connectivity index is 1.81. The van der Waals surface area contributed by atoms with Gasteiger partial charge in [0, 0.05) is 24.8 Å². The summed E-state index contributed by atoms with van der Waals surface area (Å²) in [5.74, 6) is 0.472. The number of hydrogen-bond donors (Lipinski definition) is 3. The SMILES string of the molecule is Nc1nc(Nc2cccc(C(F)(F)F)c2)nc(N2CCC(N)CC2)n1. The molecule has 1 aromatic heterocycles. The summed E-state index contributed by atoms with van der Waals surface area (Å²) in [5, 5.41) is 2.75. The van der Waals surface area contributed by atoms with Crippen LogP contribution in [0.25, 0.3) is 0 Å². The van der Waals surface area contributed by atoms with E-state index in [9.17, 15) is 13.2 Å². The summed E-state index contributed by atoms with van der Waals surface area (Å²) in [6, 6.07) is 4.94. The number of nitrogens with two attached hydrogens (primary N) is 2. The Morgan fingerprint density at radius 3 is 2.52 bits per heavy atom. The van der Waals surface area contributed by atoms with Gasteiger partial charge < -0.3 is 21.7 Å². The maximum absolute atomic E-state index is 12.8. The fourth-order valence-electron chi connectivity index (χ4n) is 2.58. The summed E-state index contributed by atoms with van der Waals surface area (Å²) in [5.41, 5.74) is 11.0. The maximum Gasteiger partial charge on any atom is 0.416 e. The molecular weight excluding hydrogens is 335 g/mol. The van der Waals surface area contributed by atoms with Crippen molar-refractivity contribution in [2.45, 2.75) is 25.1 Å². The fourth-order valence-corrected chi connectivity index (χ4v) is 2.58. The molecule has 1 aliphatic rings. The van der Waals surface area contributed by atoms with Crippen LogP contribution in [0.3, 0.4) is 0 Å². The molecular formula is C15H18F3N7. The molecule has 1 fully saturated rings. The Bertz CT molecular complexity index is 742. The first-order chi connectivity index (χ1) is 11.8. The second kappa shape index (κ2) is 6.71. The standard InChI is InChI=1S/C15H18F3N7/c16-15(17,18)9-2-1-3-11(8-9)21-13-22-12(20)23-14(24-13)25-6-4-10(19)5-7-25/h1-3,8,10H,4-7,19H2,(H3,20,21,22,23,24). The average Bonchev–Trinajstić information content (AvgIpc) is 2.54. The lowest BCUT2D eigenvalue weighted by Crippen LogP contribution is -2.40. The summed E-state index contributed by atoms with van der Waals surface area (Å²) in [6.07, 6.45) is -2.81. The van der Waals surface area contributed by atoms with E-state index in [0.717, 1.165) is 25.0 Å². The molecule has 1 aliphatic heterocycles. The van der Waals surface area contributed by atoms with Crippen molar-refractivity contribution in [3.05, 3.63) is 29.8 Å². The third kappa shape index (κ3) is 4.27. The predicted octanol–water partition coefficient (Wildman–Crippen LogP) is 2.14. The molecule has 2 aromatic rings. The normalized spacial score (nSPS) is 16.1. The average molecular weight is 353 g/mol. The topological polar surface area (TPSA) is 106 Å². The molecule has 7 nitrogen and oxygen atoms in total. The van der Waals surface area contributed by atoms with Crippen LogP contribution in [0, 0.1) is 0 Å². The zero-order valence-electron chi connectivity index (χ0n) is 13.3. The van der Waals surface area contributed by atoms with Gasteiger partial charge in [0.2, 0.25) is 17.8 Å². The number of anilines is 4. The van der Waals surface area contributed by atoms with Gasteiger partial charge in [0.25, 0.3) is 0 Å². The summed E-state index contributed by atoms with van der Waals surface area (Å²) >= 11 is 0. The summed E-state index contributed by atoms with van der Waals surface area (Å²) < 4.78 is 38.4. The Morgan fingerprint density at radius 1 is 1.12 bits per heavy atom. The second-order valence-corrected chi connectivity index (χ2v) is 5.85. The quantitative estimate of drug-likeness (QED) is 0.776. The highest BCUT2D eigenvalue weighted by atomic mass is 19.4. The van der Waals surface area contributed by atoms with Gasteiger partial charge in [-0.1, -0.05) is 6.07 Å². The molecule has 3 rings (SSSR count). The third-order valence-electron chi connectivity index (χ3n) is 3.91. The number of halogens is 3. The van der Waals surface area contributed by atoms with Crippen LogP contribution in [0.1, 0.15) is 18.4 Å². The Labute approximate surface area is 142 Å². The summed E-state index contributed by atoms with van der Waals surface area (Å²) in [7, 11) is 0. The van der Waals surface area contributed by atoms with Gasteiger partial charge in [-0.2, -0.15) is 28.1 Å². The maximum atomic E-state index is 12.8. The van der Waals surface area contributed by atoms with Gasteiger partial charge in [-0.3, -0.25) is 0 Å². The van der Waals surface area contributed by atoms with E-state index in [4.69, 9.17) is 11.5 Å². The molecule has 25 heavy (non-hydrogen) atoms. The zero-order valence-corrected chi connectivity index (χ0v) is 13.3. The minimum absolute atomic E-state index is 0.00523. The van der Waals surface area contributed by atoms with Crippen LogP contribution in [0.4, 0.5) is 36.7 Å². The number of rotatable bonds is 3. The van der Waals surface area contributed by atoms with Crippen molar-refractivity contribution >= 4 is 23.5 Å². The lowest BCUT2D eigenvalue weighted by molar-refractivity contribution is -0.137. The molecule has 10 heteroatoms. The van der Waals surface area contributed by atoms with Crippen molar-refractivity contribution in [2.75, 3.05) is 29.0 Å². The highest BCUT2D eigenvalue weighted by Crippen LogP contribution is 2.31. The van der Waals surface area contributed by atoms with Crippen LogP contribution in [-0.4, -0.2) is 34.1 Å². The highest BCUT2D eigenvalue weighted by molar-refractivity contribution is 5.56. The van der Waals surface area contributed by atoms with E-state index in [0.29, 0.717) is 19.0 Å².